The van der Waals surface area contributed by atoms with Crippen LogP contribution in [0.2, 0.25) is 0 Å². The molecule has 0 aromatic rings. The fraction of sp³-hybridized carbons (Fsp3) is 0.750. The second kappa shape index (κ2) is 2.81. The second-order valence-corrected chi connectivity index (χ2v) is 3.42. The van der Waals surface area contributed by atoms with Crippen molar-refractivity contribution < 1.29 is 9.57 Å². The standard InChI is InChI=1S/C8H14NO2/c1-6(10-4)7-5-8(2,3)11-9-7/h6H,4-5H2,1-3H3. The van der Waals surface area contributed by atoms with Crippen molar-refractivity contribution in [1.29, 1.82) is 0 Å². The van der Waals surface area contributed by atoms with Crippen molar-refractivity contribution in [3.63, 3.8) is 0 Å². The topological polar surface area (TPSA) is 30.8 Å². The number of nitrogens with zero attached hydrogens (tertiary/aromatic N) is 1. The Morgan fingerprint density at radius 2 is 2.36 bits per heavy atom. The third-order valence-electron chi connectivity index (χ3n) is 1.74. The number of ether oxygens (including phenoxy) is 1. The average molecular weight is 156 g/mol. The van der Waals surface area contributed by atoms with Crippen LogP contribution in [-0.2, 0) is 9.57 Å². The van der Waals surface area contributed by atoms with E-state index in [9.17, 15) is 0 Å². The molecule has 63 valence electrons. The third kappa shape index (κ3) is 1.93. The normalized spacial score (nSPS) is 24.2. The Balaban J connectivity index is 2.52. The van der Waals surface area contributed by atoms with E-state index in [0.29, 0.717) is 0 Å². The first-order chi connectivity index (χ1) is 5.05. The van der Waals surface area contributed by atoms with Gasteiger partial charge in [0.15, 0.2) is 0 Å². The SMILES string of the molecule is [CH2]OC(C)C1=NOC(C)(C)C1. The van der Waals surface area contributed by atoms with Crippen LogP contribution >= 0.6 is 0 Å². The molecule has 0 fully saturated rings. The lowest BCUT2D eigenvalue weighted by Gasteiger charge is -2.14. The fourth-order valence-electron chi connectivity index (χ4n) is 0.997. The van der Waals surface area contributed by atoms with Gasteiger partial charge in [0.2, 0.25) is 0 Å². The van der Waals surface area contributed by atoms with Crippen molar-refractivity contribution in [3.8, 4) is 0 Å². The van der Waals surface area contributed by atoms with E-state index in [1.165, 1.54) is 0 Å². The lowest BCUT2D eigenvalue weighted by molar-refractivity contribution is 0.0123. The smallest absolute Gasteiger partial charge is 0.137 e. The summed E-state index contributed by atoms with van der Waals surface area (Å²) in [4.78, 5) is 5.16. The molecule has 0 aromatic heterocycles. The van der Waals surface area contributed by atoms with Crippen LogP contribution in [0.1, 0.15) is 27.2 Å². The molecule has 0 amide bonds. The van der Waals surface area contributed by atoms with Gasteiger partial charge >= 0.3 is 0 Å². The predicted octanol–water partition coefficient (Wildman–Crippen LogP) is 1.74. The van der Waals surface area contributed by atoms with Gasteiger partial charge in [0.25, 0.3) is 0 Å². The minimum absolute atomic E-state index is 0.0308. The molecule has 0 N–H and O–H groups in total. The van der Waals surface area contributed by atoms with Crippen molar-refractivity contribution in [1.82, 2.24) is 0 Å². The Kier molecular flexibility index (Phi) is 2.18. The first-order valence-corrected chi connectivity index (χ1v) is 3.71. The zero-order chi connectivity index (χ0) is 8.48. The molecule has 0 spiro atoms. The van der Waals surface area contributed by atoms with Crippen LogP contribution in [0, 0.1) is 7.11 Å². The summed E-state index contributed by atoms with van der Waals surface area (Å²) in [5.74, 6) is 0. The molecule has 0 saturated heterocycles. The quantitative estimate of drug-likeness (QED) is 0.609. The summed E-state index contributed by atoms with van der Waals surface area (Å²) in [5, 5.41) is 3.91. The Bertz CT molecular complexity index is 175. The van der Waals surface area contributed by atoms with Gasteiger partial charge in [-0.1, -0.05) is 5.16 Å². The van der Waals surface area contributed by atoms with E-state index < -0.39 is 0 Å². The molecule has 1 atom stereocenters. The van der Waals surface area contributed by atoms with Gasteiger partial charge in [-0.2, -0.15) is 0 Å². The Morgan fingerprint density at radius 3 is 2.73 bits per heavy atom. The van der Waals surface area contributed by atoms with Crippen molar-refractivity contribution in [2.24, 2.45) is 5.16 Å². The maximum Gasteiger partial charge on any atom is 0.137 e. The highest BCUT2D eigenvalue weighted by Crippen LogP contribution is 2.24. The predicted molar refractivity (Wildman–Crippen MR) is 43.1 cm³/mol. The molecule has 0 bridgehead atoms. The first kappa shape index (κ1) is 8.53. The molecule has 0 aromatic carbocycles. The van der Waals surface area contributed by atoms with E-state index in [0.717, 1.165) is 12.1 Å². The largest absolute Gasteiger partial charge is 0.389 e. The highest BCUT2D eigenvalue weighted by atomic mass is 16.7. The Hall–Kier alpha value is -0.570. The first-order valence-electron chi connectivity index (χ1n) is 3.71. The van der Waals surface area contributed by atoms with E-state index in [2.05, 4.69) is 12.3 Å². The number of hydrogen-bond donors (Lipinski definition) is 0. The van der Waals surface area contributed by atoms with Crippen molar-refractivity contribution in [3.05, 3.63) is 7.11 Å². The van der Waals surface area contributed by atoms with Crippen LogP contribution in [0.3, 0.4) is 0 Å². The van der Waals surface area contributed by atoms with Gasteiger partial charge in [-0.15, -0.1) is 0 Å². The summed E-state index contributed by atoms with van der Waals surface area (Å²) in [7, 11) is 3.34. The molecule has 1 radical (unpaired) electrons. The number of hydrogen-bond acceptors (Lipinski definition) is 3. The number of oxime groups is 1. The highest BCUT2D eigenvalue weighted by molar-refractivity contribution is 5.89. The van der Waals surface area contributed by atoms with Gasteiger partial charge in [0.1, 0.15) is 5.60 Å². The fourth-order valence-corrected chi connectivity index (χ4v) is 0.997. The maximum absolute atomic E-state index is 5.16. The lowest BCUT2D eigenvalue weighted by Crippen LogP contribution is -2.24. The van der Waals surface area contributed by atoms with Crippen LogP contribution in [-0.4, -0.2) is 17.4 Å². The molecular formula is C8H14NO2. The van der Waals surface area contributed by atoms with Crippen LogP contribution in [0.4, 0.5) is 0 Å². The van der Waals surface area contributed by atoms with Crippen LogP contribution < -0.4 is 0 Å². The molecule has 11 heavy (non-hydrogen) atoms. The molecule has 1 unspecified atom stereocenters. The summed E-state index contributed by atoms with van der Waals surface area (Å²) in [6.07, 6.45) is 0.792. The zero-order valence-corrected chi connectivity index (χ0v) is 7.26. The van der Waals surface area contributed by atoms with Crippen LogP contribution in [0.25, 0.3) is 0 Å². The Labute approximate surface area is 67.4 Å². The minimum atomic E-state index is -0.165. The highest BCUT2D eigenvalue weighted by Gasteiger charge is 2.31. The monoisotopic (exact) mass is 156 g/mol. The van der Waals surface area contributed by atoms with Gasteiger partial charge in [-0.3, -0.25) is 0 Å². The van der Waals surface area contributed by atoms with E-state index in [4.69, 9.17) is 9.57 Å². The van der Waals surface area contributed by atoms with Gasteiger partial charge in [0, 0.05) is 6.42 Å². The molecule has 1 heterocycles. The van der Waals surface area contributed by atoms with E-state index in [1.807, 2.05) is 20.8 Å². The van der Waals surface area contributed by atoms with Crippen LogP contribution in [0.15, 0.2) is 5.16 Å². The molecule has 3 heteroatoms. The number of rotatable bonds is 2. The van der Waals surface area contributed by atoms with E-state index in [1.54, 1.807) is 0 Å². The Morgan fingerprint density at radius 1 is 1.73 bits per heavy atom. The van der Waals surface area contributed by atoms with E-state index >= 15 is 0 Å². The van der Waals surface area contributed by atoms with Crippen molar-refractivity contribution >= 4 is 5.71 Å². The zero-order valence-electron chi connectivity index (χ0n) is 7.26. The average Bonchev–Trinajstić information content (AvgIpc) is 2.29. The molecule has 1 aliphatic heterocycles. The molecule has 1 rings (SSSR count). The molecule has 0 saturated carbocycles. The van der Waals surface area contributed by atoms with E-state index in [-0.39, 0.29) is 11.7 Å². The summed E-state index contributed by atoms with van der Waals surface area (Å²) in [5.41, 5.74) is 0.771. The summed E-state index contributed by atoms with van der Waals surface area (Å²) < 4.78 is 4.87. The molecule has 0 aliphatic carbocycles. The summed E-state index contributed by atoms with van der Waals surface area (Å²) >= 11 is 0. The summed E-state index contributed by atoms with van der Waals surface area (Å²) in [6.45, 7) is 5.91. The maximum atomic E-state index is 5.16. The van der Waals surface area contributed by atoms with Gasteiger partial charge in [-0.25, -0.2) is 0 Å². The molecular weight excluding hydrogens is 142 g/mol. The van der Waals surface area contributed by atoms with Gasteiger partial charge < -0.3 is 9.57 Å². The van der Waals surface area contributed by atoms with Crippen LogP contribution in [0.5, 0.6) is 0 Å². The van der Waals surface area contributed by atoms with Gasteiger partial charge in [0.05, 0.1) is 18.9 Å². The summed E-state index contributed by atoms with van der Waals surface area (Å²) in [6, 6.07) is 0. The molecule has 3 nitrogen and oxygen atoms in total. The second-order valence-electron chi connectivity index (χ2n) is 3.42. The van der Waals surface area contributed by atoms with Gasteiger partial charge in [-0.05, 0) is 20.8 Å². The van der Waals surface area contributed by atoms with Crippen molar-refractivity contribution in [2.45, 2.75) is 38.9 Å². The van der Waals surface area contributed by atoms with Crippen molar-refractivity contribution in [2.75, 3.05) is 0 Å². The third-order valence-corrected chi connectivity index (χ3v) is 1.74. The minimum Gasteiger partial charge on any atom is -0.389 e. The molecule has 1 aliphatic rings. The lowest BCUT2D eigenvalue weighted by atomic mass is 10.0.